The Morgan fingerprint density at radius 3 is 2.58 bits per heavy atom. The van der Waals surface area contributed by atoms with Crippen molar-refractivity contribution in [2.75, 3.05) is 12.4 Å². The summed E-state index contributed by atoms with van der Waals surface area (Å²) < 4.78 is 5.16. The van der Waals surface area contributed by atoms with Gasteiger partial charge in [-0.2, -0.15) is 0 Å². The number of anilines is 2. The highest BCUT2D eigenvalue weighted by atomic mass is 16.5. The molecule has 19 heavy (non-hydrogen) atoms. The number of aryl methyl sites for hydroxylation is 1. The summed E-state index contributed by atoms with van der Waals surface area (Å²) >= 11 is 0. The molecule has 0 bridgehead atoms. The van der Waals surface area contributed by atoms with E-state index < -0.39 is 0 Å². The molecule has 2 heteroatoms. The maximum Gasteiger partial charge on any atom is 0.119 e. The van der Waals surface area contributed by atoms with Crippen LogP contribution in [0.25, 0.3) is 6.08 Å². The van der Waals surface area contributed by atoms with Gasteiger partial charge in [-0.1, -0.05) is 18.2 Å². The van der Waals surface area contributed by atoms with E-state index in [2.05, 4.69) is 35.7 Å². The molecule has 3 rings (SSSR count). The number of methoxy groups -OCH3 is 1. The summed E-state index contributed by atoms with van der Waals surface area (Å²) in [6.07, 6.45) is 6.71. The fourth-order valence-electron chi connectivity index (χ4n) is 2.35. The molecular formula is C17H17NO. The van der Waals surface area contributed by atoms with Gasteiger partial charge < -0.3 is 10.1 Å². The predicted octanol–water partition coefficient (Wildman–Crippen LogP) is 4.40. The second kappa shape index (κ2) is 5.19. The van der Waals surface area contributed by atoms with Crippen molar-refractivity contribution in [3.8, 4) is 5.75 Å². The van der Waals surface area contributed by atoms with Crippen LogP contribution in [0.2, 0.25) is 0 Å². The summed E-state index contributed by atoms with van der Waals surface area (Å²) in [6.45, 7) is 0. The molecule has 0 aliphatic heterocycles. The normalized spacial score (nSPS) is 12.9. The van der Waals surface area contributed by atoms with Crippen LogP contribution in [0.3, 0.4) is 0 Å². The molecular weight excluding hydrogens is 234 g/mol. The molecule has 0 saturated heterocycles. The SMILES string of the molecule is COc1ccc(Nc2ccc3c(c2)CCC=C3)cc1. The molecule has 1 aliphatic carbocycles. The maximum atomic E-state index is 5.16. The monoisotopic (exact) mass is 251 g/mol. The lowest BCUT2D eigenvalue weighted by atomic mass is 9.97. The van der Waals surface area contributed by atoms with Crippen LogP contribution in [-0.4, -0.2) is 7.11 Å². The zero-order valence-electron chi connectivity index (χ0n) is 11.0. The lowest BCUT2D eigenvalue weighted by Gasteiger charge is -2.13. The highest BCUT2D eigenvalue weighted by Gasteiger charge is 2.05. The fraction of sp³-hybridized carbons (Fsp3) is 0.176. The Morgan fingerprint density at radius 1 is 1.00 bits per heavy atom. The highest BCUT2D eigenvalue weighted by molar-refractivity contribution is 5.66. The summed E-state index contributed by atoms with van der Waals surface area (Å²) in [5.41, 5.74) is 4.97. The van der Waals surface area contributed by atoms with E-state index >= 15 is 0 Å². The molecule has 0 amide bonds. The Kier molecular flexibility index (Phi) is 3.23. The minimum atomic E-state index is 0.876. The predicted molar refractivity (Wildman–Crippen MR) is 80.1 cm³/mol. The van der Waals surface area contributed by atoms with Crippen molar-refractivity contribution in [3.63, 3.8) is 0 Å². The molecule has 0 heterocycles. The molecule has 2 nitrogen and oxygen atoms in total. The van der Waals surface area contributed by atoms with Crippen LogP contribution in [-0.2, 0) is 6.42 Å². The molecule has 0 saturated carbocycles. The molecule has 96 valence electrons. The van der Waals surface area contributed by atoms with Crippen LogP contribution in [0, 0.1) is 0 Å². The average Bonchev–Trinajstić information content (AvgIpc) is 2.48. The third kappa shape index (κ3) is 2.63. The number of nitrogens with one attached hydrogen (secondary N) is 1. The first-order valence-corrected chi connectivity index (χ1v) is 6.56. The Bertz CT molecular complexity index is 599. The van der Waals surface area contributed by atoms with Gasteiger partial charge in [0.1, 0.15) is 5.75 Å². The number of allylic oxidation sites excluding steroid dienone is 1. The molecule has 1 aliphatic rings. The molecule has 0 atom stereocenters. The second-order valence-electron chi connectivity index (χ2n) is 4.71. The second-order valence-corrected chi connectivity index (χ2v) is 4.71. The number of rotatable bonds is 3. The first-order chi connectivity index (χ1) is 9.35. The van der Waals surface area contributed by atoms with E-state index in [-0.39, 0.29) is 0 Å². The van der Waals surface area contributed by atoms with Gasteiger partial charge in [-0.3, -0.25) is 0 Å². The number of benzene rings is 2. The zero-order valence-corrected chi connectivity index (χ0v) is 11.0. The topological polar surface area (TPSA) is 21.3 Å². The number of hydrogen-bond donors (Lipinski definition) is 1. The van der Waals surface area contributed by atoms with E-state index in [0.717, 1.165) is 30.0 Å². The first kappa shape index (κ1) is 11.8. The summed E-state index contributed by atoms with van der Waals surface area (Å²) in [5.74, 6) is 0.876. The summed E-state index contributed by atoms with van der Waals surface area (Å²) in [5, 5.41) is 3.43. The Labute approximate surface area is 113 Å². The summed E-state index contributed by atoms with van der Waals surface area (Å²) in [7, 11) is 1.68. The van der Waals surface area contributed by atoms with Crippen molar-refractivity contribution in [1.29, 1.82) is 0 Å². The standard InChI is InChI=1S/C17H17NO/c1-19-17-10-8-15(9-11-17)18-16-7-6-13-4-2-3-5-14(13)12-16/h2,4,6-12,18H,3,5H2,1H3. The Hall–Kier alpha value is -2.22. The van der Waals surface area contributed by atoms with Crippen LogP contribution in [0.5, 0.6) is 5.75 Å². The third-order valence-electron chi connectivity index (χ3n) is 3.40. The minimum absolute atomic E-state index is 0.876. The van der Waals surface area contributed by atoms with Crippen LogP contribution in [0.1, 0.15) is 17.5 Å². The summed E-state index contributed by atoms with van der Waals surface area (Å²) in [6, 6.07) is 14.5. The molecule has 0 unspecified atom stereocenters. The van der Waals surface area contributed by atoms with E-state index in [4.69, 9.17) is 4.74 Å². The first-order valence-electron chi connectivity index (χ1n) is 6.56. The van der Waals surface area contributed by atoms with Gasteiger partial charge in [0.25, 0.3) is 0 Å². The zero-order chi connectivity index (χ0) is 13.1. The van der Waals surface area contributed by atoms with Crippen molar-refractivity contribution in [1.82, 2.24) is 0 Å². The van der Waals surface area contributed by atoms with E-state index in [1.165, 1.54) is 11.1 Å². The van der Waals surface area contributed by atoms with Crippen LogP contribution in [0.15, 0.2) is 48.5 Å². The molecule has 2 aromatic rings. The molecule has 0 fully saturated rings. The lowest BCUT2D eigenvalue weighted by molar-refractivity contribution is 0.415. The van der Waals surface area contributed by atoms with E-state index in [9.17, 15) is 0 Å². The molecule has 0 spiro atoms. The van der Waals surface area contributed by atoms with Crippen molar-refractivity contribution in [3.05, 3.63) is 59.7 Å². The Balaban J connectivity index is 1.80. The molecule has 2 aromatic carbocycles. The quantitative estimate of drug-likeness (QED) is 0.873. The van der Waals surface area contributed by atoms with Gasteiger partial charge in [-0.25, -0.2) is 0 Å². The number of ether oxygens (including phenoxy) is 1. The van der Waals surface area contributed by atoms with Crippen LogP contribution in [0.4, 0.5) is 11.4 Å². The van der Waals surface area contributed by atoms with Crippen molar-refractivity contribution in [2.24, 2.45) is 0 Å². The molecule has 0 aromatic heterocycles. The van der Waals surface area contributed by atoms with Crippen molar-refractivity contribution < 1.29 is 4.74 Å². The number of hydrogen-bond acceptors (Lipinski definition) is 2. The van der Waals surface area contributed by atoms with Crippen LogP contribution < -0.4 is 10.1 Å². The summed E-state index contributed by atoms with van der Waals surface area (Å²) in [4.78, 5) is 0. The van der Waals surface area contributed by atoms with E-state index in [1.807, 2.05) is 24.3 Å². The van der Waals surface area contributed by atoms with Gasteiger partial charge >= 0.3 is 0 Å². The van der Waals surface area contributed by atoms with Gasteiger partial charge in [0.2, 0.25) is 0 Å². The lowest BCUT2D eigenvalue weighted by Crippen LogP contribution is -1.97. The number of fused-ring (bicyclic) bond motifs is 1. The van der Waals surface area contributed by atoms with Crippen molar-refractivity contribution in [2.45, 2.75) is 12.8 Å². The third-order valence-corrected chi connectivity index (χ3v) is 3.40. The minimum Gasteiger partial charge on any atom is -0.497 e. The van der Waals surface area contributed by atoms with Crippen molar-refractivity contribution >= 4 is 17.5 Å². The fourth-order valence-corrected chi connectivity index (χ4v) is 2.35. The smallest absolute Gasteiger partial charge is 0.119 e. The van der Waals surface area contributed by atoms with Crippen LogP contribution >= 0.6 is 0 Å². The molecule has 1 N–H and O–H groups in total. The average molecular weight is 251 g/mol. The largest absolute Gasteiger partial charge is 0.497 e. The van der Waals surface area contributed by atoms with E-state index in [0.29, 0.717) is 0 Å². The Morgan fingerprint density at radius 2 is 1.79 bits per heavy atom. The maximum absolute atomic E-state index is 5.16. The molecule has 0 radical (unpaired) electrons. The van der Waals surface area contributed by atoms with E-state index in [1.54, 1.807) is 7.11 Å². The highest BCUT2D eigenvalue weighted by Crippen LogP contribution is 2.25. The van der Waals surface area contributed by atoms with Gasteiger partial charge in [0.15, 0.2) is 0 Å². The van der Waals surface area contributed by atoms with Gasteiger partial charge in [-0.05, 0) is 60.4 Å². The van der Waals surface area contributed by atoms with Gasteiger partial charge in [-0.15, -0.1) is 0 Å². The van der Waals surface area contributed by atoms with Gasteiger partial charge in [0.05, 0.1) is 7.11 Å². The van der Waals surface area contributed by atoms with Gasteiger partial charge in [0, 0.05) is 11.4 Å².